The molecule has 122 valence electrons. The van der Waals surface area contributed by atoms with Gasteiger partial charge in [0.25, 0.3) is 0 Å². The van der Waals surface area contributed by atoms with Gasteiger partial charge in [-0.2, -0.15) is 0 Å². The lowest BCUT2D eigenvalue weighted by atomic mass is 10.2. The third kappa shape index (κ3) is 5.71. The minimum atomic E-state index is -0.628. The van der Waals surface area contributed by atoms with Crippen molar-refractivity contribution in [2.45, 2.75) is 26.4 Å². The van der Waals surface area contributed by atoms with Crippen LogP contribution in [0.15, 0.2) is 35.7 Å². The summed E-state index contributed by atoms with van der Waals surface area (Å²) in [6, 6.07) is 9.69. The maximum atomic E-state index is 11.8. The lowest BCUT2D eigenvalue weighted by Crippen LogP contribution is -2.37. The van der Waals surface area contributed by atoms with Gasteiger partial charge in [0, 0.05) is 10.9 Å². The molecular formula is C16H19N3O3S. The van der Waals surface area contributed by atoms with Gasteiger partial charge in [-0.05, 0) is 20.8 Å². The lowest BCUT2D eigenvalue weighted by Gasteiger charge is -2.19. The first-order chi connectivity index (χ1) is 10.8. The zero-order valence-electron chi connectivity index (χ0n) is 13.3. The van der Waals surface area contributed by atoms with Crippen molar-refractivity contribution in [3.8, 4) is 11.3 Å². The number of rotatable bonds is 4. The van der Waals surface area contributed by atoms with E-state index in [1.54, 1.807) is 20.8 Å². The Morgan fingerprint density at radius 1 is 1.22 bits per heavy atom. The molecule has 0 saturated heterocycles. The molecule has 2 amide bonds. The molecule has 0 aliphatic rings. The van der Waals surface area contributed by atoms with Crippen LogP contribution in [0.2, 0.25) is 0 Å². The van der Waals surface area contributed by atoms with Crippen molar-refractivity contribution in [1.82, 2.24) is 10.3 Å². The molecule has 0 spiro atoms. The van der Waals surface area contributed by atoms with E-state index in [9.17, 15) is 9.59 Å². The van der Waals surface area contributed by atoms with Crippen molar-refractivity contribution in [3.63, 3.8) is 0 Å². The molecule has 0 bridgehead atoms. The number of hydrogen-bond donors (Lipinski definition) is 2. The highest BCUT2D eigenvalue weighted by Crippen LogP contribution is 2.24. The summed E-state index contributed by atoms with van der Waals surface area (Å²) >= 11 is 1.33. The van der Waals surface area contributed by atoms with Gasteiger partial charge >= 0.3 is 6.09 Å². The number of carbonyl (C=O) groups is 2. The summed E-state index contributed by atoms with van der Waals surface area (Å²) in [6.07, 6.45) is -0.628. The van der Waals surface area contributed by atoms with Crippen LogP contribution in [0.1, 0.15) is 20.8 Å². The zero-order valence-corrected chi connectivity index (χ0v) is 14.1. The van der Waals surface area contributed by atoms with E-state index < -0.39 is 11.7 Å². The first-order valence-corrected chi connectivity index (χ1v) is 7.99. The molecule has 2 N–H and O–H groups in total. The Labute approximate surface area is 138 Å². The molecule has 23 heavy (non-hydrogen) atoms. The highest BCUT2D eigenvalue weighted by Gasteiger charge is 2.17. The van der Waals surface area contributed by atoms with Crippen LogP contribution >= 0.6 is 11.3 Å². The molecule has 0 aliphatic heterocycles. The molecule has 0 atom stereocenters. The summed E-state index contributed by atoms with van der Waals surface area (Å²) in [6.45, 7) is 5.10. The van der Waals surface area contributed by atoms with Crippen LogP contribution in [0.3, 0.4) is 0 Å². The fourth-order valence-corrected chi connectivity index (χ4v) is 2.44. The highest BCUT2D eigenvalue weighted by atomic mass is 32.1. The summed E-state index contributed by atoms with van der Waals surface area (Å²) in [7, 11) is 0. The van der Waals surface area contributed by atoms with Crippen molar-refractivity contribution < 1.29 is 14.3 Å². The first-order valence-electron chi connectivity index (χ1n) is 7.11. The second kappa shape index (κ2) is 7.23. The van der Waals surface area contributed by atoms with Gasteiger partial charge < -0.3 is 15.4 Å². The fourth-order valence-electron chi connectivity index (χ4n) is 1.70. The number of benzene rings is 1. The standard InChI is InChI=1S/C16H19N3O3S/c1-16(2,3)22-15(21)17-9-13(20)19-14-18-12(10-23-14)11-7-5-4-6-8-11/h4-8,10H,9H2,1-3H3,(H,17,21)(H,18,19,20). The number of ether oxygens (including phenoxy) is 1. The van der Waals surface area contributed by atoms with Crippen LogP contribution in [-0.2, 0) is 9.53 Å². The Morgan fingerprint density at radius 2 is 1.91 bits per heavy atom. The highest BCUT2D eigenvalue weighted by molar-refractivity contribution is 7.14. The Bertz CT molecular complexity index is 677. The van der Waals surface area contributed by atoms with E-state index in [1.165, 1.54) is 11.3 Å². The number of nitrogens with zero attached hydrogens (tertiary/aromatic N) is 1. The van der Waals surface area contributed by atoms with E-state index in [1.807, 2.05) is 35.7 Å². The minimum Gasteiger partial charge on any atom is -0.444 e. The van der Waals surface area contributed by atoms with E-state index in [-0.39, 0.29) is 12.5 Å². The molecule has 0 aliphatic carbocycles. The number of anilines is 1. The lowest BCUT2D eigenvalue weighted by molar-refractivity contribution is -0.115. The molecular weight excluding hydrogens is 314 g/mol. The summed E-state index contributed by atoms with van der Waals surface area (Å²) in [5, 5.41) is 7.40. The number of amides is 2. The molecule has 0 fully saturated rings. The van der Waals surface area contributed by atoms with E-state index in [4.69, 9.17) is 4.74 Å². The number of thiazole rings is 1. The molecule has 7 heteroatoms. The topological polar surface area (TPSA) is 80.3 Å². The average molecular weight is 333 g/mol. The molecule has 2 rings (SSSR count). The Kier molecular flexibility index (Phi) is 5.33. The van der Waals surface area contributed by atoms with Crippen LogP contribution in [0.5, 0.6) is 0 Å². The predicted molar refractivity (Wildman–Crippen MR) is 90.4 cm³/mol. The summed E-state index contributed by atoms with van der Waals surface area (Å²) in [4.78, 5) is 27.6. The molecule has 1 heterocycles. The average Bonchev–Trinajstić information content (AvgIpc) is 2.93. The number of hydrogen-bond acceptors (Lipinski definition) is 5. The summed E-state index contributed by atoms with van der Waals surface area (Å²) in [5.74, 6) is -0.357. The first kappa shape index (κ1) is 17.0. The van der Waals surface area contributed by atoms with Crippen LogP contribution in [0.25, 0.3) is 11.3 Å². The predicted octanol–water partition coefficient (Wildman–Crippen LogP) is 3.27. The Morgan fingerprint density at radius 3 is 2.57 bits per heavy atom. The van der Waals surface area contributed by atoms with E-state index in [0.717, 1.165) is 11.3 Å². The van der Waals surface area contributed by atoms with Gasteiger partial charge in [0.2, 0.25) is 5.91 Å². The van der Waals surface area contributed by atoms with Crippen LogP contribution < -0.4 is 10.6 Å². The Hall–Kier alpha value is -2.41. The SMILES string of the molecule is CC(C)(C)OC(=O)NCC(=O)Nc1nc(-c2ccccc2)cs1. The molecule has 1 aromatic heterocycles. The molecule has 6 nitrogen and oxygen atoms in total. The number of nitrogens with one attached hydrogen (secondary N) is 2. The maximum Gasteiger partial charge on any atom is 0.408 e. The van der Waals surface area contributed by atoms with E-state index in [2.05, 4.69) is 15.6 Å². The maximum absolute atomic E-state index is 11.8. The summed E-state index contributed by atoms with van der Waals surface area (Å²) in [5.41, 5.74) is 1.18. The number of alkyl carbamates (subject to hydrolysis) is 1. The van der Waals surface area contributed by atoms with Gasteiger partial charge in [0.1, 0.15) is 12.1 Å². The van der Waals surface area contributed by atoms with Crippen LogP contribution in [0.4, 0.5) is 9.93 Å². The minimum absolute atomic E-state index is 0.171. The van der Waals surface area contributed by atoms with Crippen molar-refractivity contribution in [2.75, 3.05) is 11.9 Å². The molecule has 2 aromatic rings. The Balaban J connectivity index is 1.84. The van der Waals surface area contributed by atoms with Crippen molar-refractivity contribution in [3.05, 3.63) is 35.7 Å². The largest absolute Gasteiger partial charge is 0.444 e. The number of aromatic nitrogens is 1. The number of carbonyl (C=O) groups excluding carboxylic acids is 2. The smallest absolute Gasteiger partial charge is 0.408 e. The van der Waals surface area contributed by atoms with Crippen molar-refractivity contribution >= 4 is 28.5 Å². The molecule has 0 radical (unpaired) electrons. The van der Waals surface area contributed by atoms with Crippen molar-refractivity contribution in [1.29, 1.82) is 0 Å². The van der Waals surface area contributed by atoms with Gasteiger partial charge in [-0.15, -0.1) is 11.3 Å². The van der Waals surface area contributed by atoms with Crippen LogP contribution in [-0.4, -0.2) is 29.1 Å². The van der Waals surface area contributed by atoms with Gasteiger partial charge in [0.05, 0.1) is 5.69 Å². The van der Waals surface area contributed by atoms with Crippen LogP contribution in [0, 0.1) is 0 Å². The fraction of sp³-hybridized carbons (Fsp3) is 0.312. The third-order valence-corrected chi connectivity index (χ3v) is 3.37. The van der Waals surface area contributed by atoms with Gasteiger partial charge in [0.15, 0.2) is 5.13 Å². The molecule has 0 saturated carbocycles. The van der Waals surface area contributed by atoms with Crippen molar-refractivity contribution in [2.24, 2.45) is 0 Å². The van der Waals surface area contributed by atoms with Gasteiger partial charge in [-0.25, -0.2) is 9.78 Å². The monoisotopic (exact) mass is 333 g/mol. The van der Waals surface area contributed by atoms with Gasteiger partial charge in [-0.1, -0.05) is 30.3 Å². The molecule has 1 aromatic carbocycles. The summed E-state index contributed by atoms with van der Waals surface area (Å²) < 4.78 is 5.06. The second-order valence-electron chi connectivity index (χ2n) is 5.81. The van der Waals surface area contributed by atoms with E-state index >= 15 is 0 Å². The third-order valence-electron chi connectivity index (χ3n) is 2.61. The normalized spacial score (nSPS) is 10.9. The molecule has 0 unspecified atom stereocenters. The zero-order chi connectivity index (χ0) is 16.9. The van der Waals surface area contributed by atoms with Gasteiger partial charge in [-0.3, -0.25) is 4.79 Å². The van der Waals surface area contributed by atoms with E-state index in [0.29, 0.717) is 5.13 Å². The quantitative estimate of drug-likeness (QED) is 0.900. The second-order valence-corrected chi connectivity index (χ2v) is 6.67.